The van der Waals surface area contributed by atoms with Crippen LogP contribution in [-0.4, -0.2) is 22.1 Å². The number of carbonyl (C=O) groups is 1. The first-order valence-corrected chi connectivity index (χ1v) is 9.86. The van der Waals surface area contributed by atoms with Crippen LogP contribution in [0.1, 0.15) is 50.1 Å². The minimum atomic E-state index is 0.0958. The number of fused-ring (bicyclic) bond motifs is 1. The molecule has 0 N–H and O–H groups in total. The van der Waals surface area contributed by atoms with Gasteiger partial charge in [-0.15, -0.1) is 0 Å². The van der Waals surface area contributed by atoms with Crippen LogP contribution in [-0.2, 0) is 17.6 Å². The van der Waals surface area contributed by atoms with Gasteiger partial charge in [0.05, 0.1) is 0 Å². The highest BCUT2D eigenvalue weighted by Gasteiger charge is 2.30. The van der Waals surface area contributed by atoms with Crippen molar-refractivity contribution in [2.75, 3.05) is 4.90 Å². The monoisotopic (exact) mass is 375 g/mol. The molecule has 1 amide bonds. The molecule has 0 saturated heterocycles. The van der Waals surface area contributed by atoms with Crippen LogP contribution in [0.4, 0.5) is 5.69 Å². The summed E-state index contributed by atoms with van der Waals surface area (Å²) in [4.78, 5) is 19.2. The van der Waals surface area contributed by atoms with Gasteiger partial charge in [-0.3, -0.25) is 4.79 Å². The van der Waals surface area contributed by atoms with E-state index in [0.717, 1.165) is 17.7 Å². The third-order valence-corrected chi connectivity index (χ3v) is 5.33. The predicted molar refractivity (Wildman–Crippen MR) is 109 cm³/mol. The van der Waals surface area contributed by atoms with Crippen LogP contribution in [0.15, 0.2) is 53.1 Å². The summed E-state index contributed by atoms with van der Waals surface area (Å²) in [5.74, 6) is 1.64. The van der Waals surface area contributed by atoms with E-state index in [1.54, 1.807) is 0 Å². The molecule has 28 heavy (non-hydrogen) atoms. The highest BCUT2D eigenvalue weighted by molar-refractivity contribution is 5.96. The van der Waals surface area contributed by atoms with Gasteiger partial charge in [0.25, 0.3) is 0 Å². The predicted octanol–water partition coefficient (Wildman–Crippen LogP) is 4.77. The highest BCUT2D eigenvalue weighted by Crippen LogP contribution is 2.32. The van der Waals surface area contributed by atoms with Gasteiger partial charge in [0, 0.05) is 30.1 Å². The Labute approximate surface area is 165 Å². The Bertz CT molecular complexity index is 976. The van der Waals surface area contributed by atoms with Gasteiger partial charge in [0.2, 0.25) is 17.6 Å². The van der Waals surface area contributed by atoms with Gasteiger partial charge in [-0.1, -0.05) is 61.5 Å². The average molecular weight is 375 g/mol. The number of hydrogen-bond acceptors (Lipinski definition) is 4. The zero-order chi connectivity index (χ0) is 19.7. The van der Waals surface area contributed by atoms with Crippen LogP contribution in [0, 0.1) is 0 Å². The maximum Gasteiger partial charge on any atom is 0.227 e. The van der Waals surface area contributed by atoms with E-state index < -0.39 is 0 Å². The molecule has 0 radical (unpaired) electrons. The lowest BCUT2D eigenvalue weighted by Gasteiger charge is -2.22. The molecule has 0 fully saturated rings. The Morgan fingerprint density at radius 1 is 1.18 bits per heavy atom. The van der Waals surface area contributed by atoms with E-state index in [-0.39, 0.29) is 11.9 Å². The number of benzene rings is 2. The van der Waals surface area contributed by atoms with Crippen molar-refractivity contribution < 1.29 is 9.32 Å². The number of amides is 1. The van der Waals surface area contributed by atoms with Crippen molar-refractivity contribution in [2.24, 2.45) is 0 Å². The van der Waals surface area contributed by atoms with Crippen LogP contribution >= 0.6 is 0 Å². The van der Waals surface area contributed by atoms with E-state index in [4.69, 9.17) is 4.52 Å². The molecule has 3 aromatic rings. The molecule has 5 heteroatoms. The summed E-state index contributed by atoms with van der Waals surface area (Å²) in [6, 6.07) is 16.5. The first kappa shape index (κ1) is 18.4. The molecule has 4 rings (SSSR count). The van der Waals surface area contributed by atoms with Gasteiger partial charge >= 0.3 is 0 Å². The molecule has 1 aliphatic rings. The number of aromatic nitrogens is 2. The van der Waals surface area contributed by atoms with Gasteiger partial charge in [-0.05, 0) is 36.5 Å². The molecule has 1 atom stereocenters. The van der Waals surface area contributed by atoms with Gasteiger partial charge in [-0.2, -0.15) is 4.98 Å². The van der Waals surface area contributed by atoms with Crippen molar-refractivity contribution >= 4 is 11.6 Å². The van der Waals surface area contributed by atoms with Gasteiger partial charge in [-0.25, -0.2) is 0 Å². The fourth-order valence-electron chi connectivity index (χ4n) is 3.77. The second-order valence-electron chi connectivity index (χ2n) is 7.73. The maximum absolute atomic E-state index is 12.8. The van der Waals surface area contributed by atoms with E-state index in [0.29, 0.717) is 30.5 Å². The second-order valence-corrected chi connectivity index (χ2v) is 7.73. The number of carbonyl (C=O) groups excluding carboxylic acids is 1. The van der Waals surface area contributed by atoms with Gasteiger partial charge in [0.15, 0.2) is 0 Å². The van der Waals surface area contributed by atoms with E-state index in [9.17, 15) is 4.79 Å². The molecule has 5 nitrogen and oxygen atoms in total. The maximum atomic E-state index is 12.8. The van der Waals surface area contributed by atoms with Crippen molar-refractivity contribution in [1.29, 1.82) is 0 Å². The quantitative estimate of drug-likeness (QED) is 0.644. The summed E-state index contributed by atoms with van der Waals surface area (Å²) < 4.78 is 5.37. The zero-order valence-corrected chi connectivity index (χ0v) is 16.6. The molecule has 0 aliphatic carbocycles. The van der Waals surface area contributed by atoms with Crippen molar-refractivity contribution in [2.45, 2.75) is 52.0 Å². The molecular formula is C23H25N3O2. The standard InChI is InChI=1S/C23H25N3O2/c1-15(2)17-8-10-18(11-9-17)23-24-21(28-25-23)12-13-22(27)26-16(3)14-19-6-4-5-7-20(19)26/h4-11,15-16H,12-14H2,1-3H3. The summed E-state index contributed by atoms with van der Waals surface area (Å²) in [6.07, 6.45) is 1.70. The van der Waals surface area contributed by atoms with Crippen molar-refractivity contribution in [3.05, 3.63) is 65.5 Å². The first-order chi connectivity index (χ1) is 13.5. The lowest BCUT2D eigenvalue weighted by atomic mass is 10.0. The van der Waals surface area contributed by atoms with Crippen LogP contribution in [0.5, 0.6) is 0 Å². The molecular weight excluding hydrogens is 350 g/mol. The normalized spacial score (nSPS) is 15.9. The SMILES string of the molecule is CC(C)c1ccc(-c2noc(CCC(=O)N3c4ccccc4CC3C)n2)cc1. The summed E-state index contributed by atoms with van der Waals surface area (Å²) in [6.45, 7) is 6.42. The number of rotatable bonds is 5. The number of anilines is 1. The van der Waals surface area contributed by atoms with Gasteiger partial charge in [0.1, 0.15) is 0 Å². The molecule has 1 unspecified atom stereocenters. The van der Waals surface area contributed by atoms with Crippen LogP contribution in [0.3, 0.4) is 0 Å². The first-order valence-electron chi connectivity index (χ1n) is 9.86. The number of nitrogens with zero attached hydrogens (tertiary/aromatic N) is 3. The molecule has 1 aromatic heterocycles. The van der Waals surface area contributed by atoms with Crippen LogP contribution in [0.25, 0.3) is 11.4 Å². The lowest BCUT2D eigenvalue weighted by Crippen LogP contribution is -2.35. The van der Waals surface area contributed by atoms with Crippen molar-refractivity contribution in [3.8, 4) is 11.4 Å². The Kier molecular flexibility index (Phi) is 4.99. The number of hydrogen-bond donors (Lipinski definition) is 0. The largest absolute Gasteiger partial charge is 0.339 e. The molecule has 1 aliphatic heterocycles. The molecule has 0 bridgehead atoms. The average Bonchev–Trinajstić information content (AvgIpc) is 3.30. The zero-order valence-electron chi connectivity index (χ0n) is 16.6. The van der Waals surface area contributed by atoms with Gasteiger partial charge < -0.3 is 9.42 Å². The summed E-state index contributed by atoms with van der Waals surface area (Å²) in [7, 11) is 0. The van der Waals surface area contributed by atoms with E-state index in [2.05, 4.69) is 49.1 Å². The molecule has 2 heterocycles. The van der Waals surface area contributed by atoms with Crippen LogP contribution < -0.4 is 4.90 Å². The van der Waals surface area contributed by atoms with Crippen LogP contribution in [0.2, 0.25) is 0 Å². The fourth-order valence-corrected chi connectivity index (χ4v) is 3.77. The minimum Gasteiger partial charge on any atom is -0.339 e. The Morgan fingerprint density at radius 3 is 2.68 bits per heavy atom. The third-order valence-electron chi connectivity index (χ3n) is 5.33. The Morgan fingerprint density at radius 2 is 1.93 bits per heavy atom. The number of aryl methyl sites for hydroxylation is 1. The summed E-state index contributed by atoms with van der Waals surface area (Å²) in [5, 5.41) is 4.08. The molecule has 144 valence electrons. The smallest absolute Gasteiger partial charge is 0.227 e. The van der Waals surface area contributed by atoms with Crippen molar-refractivity contribution in [1.82, 2.24) is 10.1 Å². The summed E-state index contributed by atoms with van der Waals surface area (Å²) in [5.41, 5.74) is 4.45. The minimum absolute atomic E-state index is 0.0958. The Hall–Kier alpha value is -2.95. The fraction of sp³-hybridized carbons (Fsp3) is 0.348. The molecule has 0 spiro atoms. The molecule has 0 saturated carbocycles. The third kappa shape index (κ3) is 3.57. The van der Waals surface area contributed by atoms with E-state index in [1.165, 1.54) is 11.1 Å². The molecule has 2 aromatic carbocycles. The Balaban J connectivity index is 1.41. The highest BCUT2D eigenvalue weighted by atomic mass is 16.5. The second kappa shape index (κ2) is 7.58. The lowest BCUT2D eigenvalue weighted by molar-refractivity contribution is -0.118. The number of para-hydroxylation sites is 1. The topological polar surface area (TPSA) is 59.2 Å². The summed E-state index contributed by atoms with van der Waals surface area (Å²) >= 11 is 0. The van der Waals surface area contributed by atoms with E-state index >= 15 is 0 Å². The van der Waals surface area contributed by atoms with E-state index in [1.807, 2.05) is 35.2 Å². The van der Waals surface area contributed by atoms with Crippen molar-refractivity contribution in [3.63, 3.8) is 0 Å².